The van der Waals surface area contributed by atoms with Gasteiger partial charge in [0.25, 0.3) is 0 Å². The molecule has 0 bridgehead atoms. The molecule has 0 radical (unpaired) electrons. The Hall–Kier alpha value is -1.39. The van der Waals surface area contributed by atoms with E-state index in [9.17, 15) is 4.39 Å². The van der Waals surface area contributed by atoms with Gasteiger partial charge >= 0.3 is 0 Å². The van der Waals surface area contributed by atoms with Crippen molar-refractivity contribution in [2.24, 2.45) is 5.73 Å². The molecule has 2 aromatic rings. The average molecular weight is 276 g/mol. The molecule has 0 spiro atoms. The number of rotatable bonds is 5. The Bertz CT molecular complexity index is 519. The van der Waals surface area contributed by atoms with Crippen LogP contribution in [0.4, 0.5) is 4.39 Å². The van der Waals surface area contributed by atoms with Gasteiger partial charge in [-0.3, -0.25) is 4.98 Å². The van der Waals surface area contributed by atoms with Crippen molar-refractivity contribution >= 4 is 11.8 Å². The fourth-order valence-electron chi connectivity index (χ4n) is 1.86. The minimum absolute atomic E-state index is 0.0238. The van der Waals surface area contributed by atoms with E-state index < -0.39 is 0 Å². The maximum Gasteiger partial charge on any atom is 0.124 e. The number of hydrogen-bond acceptors (Lipinski definition) is 3. The molecule has 0 aliphatic carbocycles. The Balaban J connectivity index is 2.24. The molecule has 1 heterocycles. The predicted molar refractivity (Wildman–Crippen MR) is 77.5 cm³/mol. The third kappa shape index (κ3) is 3.78. The molecule has 100 valence electrons. The number of pyridine rings is 1. The lowest BCUT2D eigenvalue weighted by Crippen LogP contribution is -2.25. The summed E-state index contributed by atoms with van der Waals surface area (Å²) in [4.78, 5) is 4.92. The zero-order chi connectivity index (χ0) is 13.7. The minimum Gasteiger partial charge on any atom is -0.326 e. The molecule has 19 heavy (non-hydrogen) atoms. The third-order valence-corrected chi connectivity index (χ3v) is 4.36. The van der Waals surface area contributed by atoms with Crippen molar-refractivity contribution in [1.82, 2.24) is 4.98 Å². The van der Waals surface area contributed by atoms with Gasteiger partial charge in [-0.2, -0.15) is 0 Å². The molecule has 0 fully saturated rings. The predicted octanol–water partition coefficient (Wildman–Crippen LogP) is 3.79. The van der Waals surface area contributed by atoms with Gasteiger partial charge in [0.15, 0.2) is 0 Å². The lowest BCUT2D eigenvalue weighted by Gasteiger charge is -2.22. The van der Waals surface area contributed by atoms with Crippen LogP contribution in [-0.2, 0) is 0 Å². The fraction of sp³-hybridized carbons (Fsp3) is 0.267. The highest BCUT2D eigenvalue weighted by Crippen LogP contribution is 2.37. The first-order chi connectivity index (χ1) is 9.20. The Kier molecular flexibility index (Phi) is 4.93. The van der Waals surface area contributed by atoms with E-state index in [-0.39, 0.29) is 17.1 Å². The summed E-state index contributed by atoms with van der Waals surface area (Å²) < 4.78 is 13.2. The number of nitrogens with zero attached hydrogens (tertiary/aromatic N) is 1. The molecule has 0 aliphatic heterocycles. The van der Waals surface area contributed by atoms with Crippen molar-refractivity contribution in [3.05, 3.63) is 60.2 Å². The molecular weight excluding hydrogens is 259 g/mol. The zero-order valence-corrected chi connectivity index (χ0v) is 11.6. The molecule has 2 nitrogen and oxygen atoms in total. The van der Waals surface area contributed by atoms with Crippen LogP contribution in [0.15, 0.2) is 53.7 Å². The topological polar surface area (TPSA) is 38.9 Å². The molecule has 2 atom stereocenters. The number of benzene rings is 1. The second-order valence-corrected chi connectivity index (χ2v) is 5.56. The van der Waals surface area contributed by atoms with Crippen LogP contribution in [0.1, 0.15) is 24.2 Å². The molecule has 0 saturated carbocycles. The molecule has 4 heteroatoms. The van der Waals surface area contributed by atoms with E-state index in [1.807, 2.05) is 18.2 Å². The van der Waals surface area contributed by atoms with Gasteiger partial charge in [0, 0.05) is 28.6 Å². The molecule has 0 aliphatic rings. The highest BCUT2D eigenvalue weighted by Gasteiger charge is 2.19. The van der Waals surface area contributed by atoms with E-state index in [1.54, 1.807) is 36.3 Å². The van der Waals surface area contributed by atoms with Crippen molar-refractivity contribution in [2.75, 3.05) is 0 Å². The van der Waals surface area contributed by atoms with Crippen molar-refractivity contribution < 1.29 is 4.39 Å². The van der Waals surface area contributed by atoms with Gasteiger partial charge in [-0.1, -0.05) is 13.0 Å². The number of halogens is 1. The van der Waals surface area contributed by atoms with Crippen LogP contribution >= 0.6 is 11.8 Å². The van der Waals surface area contributed by atoms with Gasteiger partial charge in [-0.25, -0.2) is 4.39 Å². The second kappa shape index (κ2) is 6.68. The quantitative estimate of drug-likeness (QED) is 0.844. The molecule has 2 unspecified atom stereocenters. The summed E-state index contributed by atoms with van der Waals surface area (Å²) in [5.74, 6) is -0.219. The van der Waals surface area contributed by atoms with Crippen LogP contribution in [0.3, 0.4) is 0 Å². The average Bonchev–Trinajstić information content (AvgIpc) is 2.45. The first-order valence-corrected chi connectivity index (χ1v) is 7.16. The van der Waals surface area contributed by atoms with Crippen LogP contribution in [0.25, 0.3) is 0 Å². The van der Waals surface area contributed by atoms with Gasteiger partial charge in [0.1, 0.15) is 5.82 Å². The summed E-state index contributed by atoms with van der Waals surface area (Å²) in [6.45, 7) is 2.06. The van der Waals surface area contributed by atoms with E-state index in [1.165, 1.54) is 6.07 Å². The maximum absolute atomic E-state index is 13.2. The van der Waals surface area contributed by atoms with E-state index >= 15 is 0 Å². The maximum atomic E-state index is 13.2. The van der Waals surface area contributed by atoms with E-state index in [0.717, 1.165) is 16.9 Å². The van der Waals surface area contributed by atoms with Crippen molar-refractivity contribution in [3.8, 4) is 0 Å². The van der Waals surface area contributed by atoms with Crippen LogP contribution in [-0.4, -0.2) is 11.0 Å². The van der Waals surface area contributed by atoms with Crippen molar-refractivity contribution in [2.45, 2.75) is 29.5 Å². The minimum atomic E-state index is -0.219. The van der Waals surface area contributed by atoms with Gasteiger partial charge < -0.3 is 5.73 Å². The van der Waals surface area contributed by atoms with Gasteiger partial charge in [0.2, 0.25) is 0 Å². The van der Waals surface area contributed by atoms with Crippen LogP contribution in [0.2, 0.25) is 0 Å². The lowest BCUT2D eigenvalue weighted by molar-refractivity contribution is 0.622. The second-order valence-electron chi connectivity index (χ2n) is 4.35. The normalized spacial score (nSPS) is 14.1. The summed E-state index contributed by atoms with van der Waals surface area (Å²) in [6.07, 6.45) is 4.39. The molecule has 1 aromatic heterocycles. The fourth-order valence-corrected chi connectivity index (χ4v) is 3.15. The number of hydrogen-bond donors (Lipinski definition) is 1. The highest BCUT2D eigenvalue weighted by atomic mass is 32.2. The van der Waals surface area contributed by atoms with Gasteiger partial charge in [0.05, 0.1) is 0 Å². The van der Waals surface area contributed by atoms with Crippen LogP contribution in [0, 0.1) is 5.82 Å². The van der Waals surface area contributed by atoms with E-state index in [4.69, 9.17) is 5.73 Å². The van der Waals surface area contributed by atoms with Crippen molar-refractivity contribution in [1.29, 1.82) is 0 Å². The first kappa shape index (κ1) is 14.0. The smallest absolute Gasteiger partial charge is 0.124 e. The van der Waals surface area contributed by atoms with Crippen LogP contribution < -0.4 is 5.73 Å². The zero-order valence-electron chi connectivity index (χ0n) is 10.8. The molecule has 2 rings (SSSR count). The standard InChI is InChI=1S/C15H17FN2S/c1-2-14(17)15(11-6-8-18-9-7-11)19-13-5-3-4-12(16)10-13/h3-10,14-15H,2,17H2,1H3. The summed E-state index contributed by atoms with van der Waals surface area (Å²) in [6, 6.07) is 10.6. The third-order valence-electron chi connectivity index (χ3n) is 2.95. The highest BCUT2D eigenvalue weighted by molar-refractivity contribution is 7.99. The summed E-state index contributed by atoms with van der Waals surface area (Å²) in [5.41, 5.74) is 7.32. The molecule has 2 N–H and O–H groups in total. The largest absolute Gasteiger partial charge is 0.326 e. The molecule has 1 aromatic carbocycles. The Morgan fingerprint density at radius 2 is 2.00 bits per heavy atom. The first-order valence-electron chi connectivity index (χ1n) is 6.28. The summed E-state index contributed by atoms with van der Waals surface area (Å²) in [5, 5.41) is 0.106. The molecule has 0 amide bonds. The number of aromatic nitrogens is 1. The monoisotopic (exact) mass is 276 g/mol. The lowest BCUT2D eigenvalue weighted by atomic mass is 10.1. The summed E-state index contributed by atoms with van der Waals surface area (Å²) >= 11 is 1.60. The summed E-state index contributed by atoms with van der Waals surface area (Å²) in [7, 11) is 0. The SMILES string of the molecule is CCC(N)C(Sc1cccc(F)c1)c1ccncc1. The van der Waals surface area contributed by atoms with E-state index in [2.05, 4.69) is 11.9 Å². The van der Waals surface area contributed by atoms with E-state index in [0.29, 0.717) is 0 Å². The molecule has 0 saturated heterocycles. The van der Waals surface area contributed by atoms with Gasteiger partial charge in [-0.05, 0) is 42.3 Å². The Labute approximate surface area is 117 Å². The number of nitrogens with two attached hydrogens (primary N) is 1. The van der Waals surface area contributed by atoms with Crippen molar-refractivity contribution in [3.63, 3.8) is 0 Å². The van der Waals surface area contributed by atoms with Crippen LogP contribution in [0.5, 0.6) is 0 Å². The molecular formula is C15H17FN2S. The number of thioether (sulfide) groups is 1. The Morgan fingerprint density at radius 3 is 2.63 bits per heavy atom. The van der Waals surface area contributed by atoms with Gasteiger partial charge in [-0.15, -0.1) is 11.8 Å². The Morgan fingerprint density at radius 1 is 1.26 bits per heavy atom.